The van der Waals surface area contributed by atoms with Crippen molar-refractivity contribution in [2.24, 2.45) is 11.3 Å². The second-order valence-electron chi connectivity index (χ2n) is 6.79. The van der Waals surface area contributed by atoms with E-state index in [9.17, 15) is 14.0 Å². The first-order valence-electron chi connectivity index (χ1n) is 7.86. The molecule has 1 aromatic rings. The molecule has 0 bridgehead atoms. The summed E-state index contributed by atoms with van der Waals surface area (Å²) in [4.78, 5) is 29.3. The maximum absolute atomic E-state index is 12.8. The van der Waals surface area contributed by atoms with E-state index in [1.165, 1.54) is 12.1 Å². The molecule has 6 nitrogen and oxygen atoms in total. The number of nitrogens with zero attached hydrogens (tertiary/aromatic N) is 2. The number of piperidine rings is 1. The van der Waals surface area contributed by atoms with Crippen LogP contribution >= 0.6 is 0 Å². The van der Waals surface area contributed by atoms with E-state index in [2.05, 4.69) is 15.6 Å². The lowest BCUT2D eigenvalue weighted by molar-refractivity contribution is -0.146. The molecule has 0 saturated carbocycles. The Kier molecular flexibility index (Phi) is 3.95. The average molecular weight is 320 g/mol. The Morgan fingerprint density at radius 2 is 2.09 bits per heavy atom. The van der Waals surface area contributed by atoms with Gasteiger partial charge in [-0.05, 0) is 44.7 Å². The van der Waals surface area contributed by atoms with Gasteiger partial charge < -0.3 is 10.2 Å². The SMILES string of the molecule is CC1(C)C(=O)NC1C1CCN(C(=O)Nc2ccc(F)cn2)CC1. The lowest BCUT2D eigenvalue weighted by atomic mass is 9.68. The minimum atomic E-state index is -0.436. The van der Waals surface area contributed by atoms with Crippen molar-refractivity contribution >= 4 is 17.8 Å². The van der Waals surface area contributed by atoms with E-state index in [-0.39, 0.29) is 23.4 Å². The Hall–Kier alpha value is -2.18. The number of likely N-dealkylation sites (tertiary alicyclic amines) is 1. The van der Waals surface area contributed by atoms with E-state index in [0.717, 1.165) is 19.0 Å². The molecule has 1 unspecified atom stereocenters. The summed E-state index contributed by atoms with van der Waals surface area (Å²) in [6.45, 7) is 5.21. The average Bonchev–Trinajstić information content (AvgIpc) is 2.55. The molecule has 0 spiro atoms. The summed E-state index contributed by atoms with van der Waals surface area (Å²) in [5, 5.41) is 5.66. The Labute approximate surface area is 134 Å². The minimum absolute atomic E-state index is 0.102. The summed E-state index contributed by atoms with van der Waals surface area (Å²) in [6.07, 6.45) is 2.79. The summed E-state index contributed by atoms with van der Waals surface area (Å²) in [6, 6.07) is 2.67. The Bertz CT molecular complexity index is 609. The second-order valence-corrected chi connectivity index (χ2v) is 6.79. The summed E-state index contributed by atoms with van der Waals surface area (Å²) in [7, 11) is 0. The van der Waals surface area contributed by atoms with Crippen LogP contribution in [0.25, 0.3) is 0 Å². The van der Waals surface area contributed by atoms with Gasteiger partial charge >= 0.3 is 6.03 Å². The van der Waals surface area contributed by atoms with Crippen molar-refractivity contribution < 1.29 is 14.0 Å². The molecule has 0 aliphatic carbocycles. The lowest BCUT2D eigenvalue weighted by Gasteiger charge is -2.50. The topological polar surface area (TPSA) is 74.3 Å². The van der Waals surface area contributed by atoms with E-state index >= 15 is 0 Å². The van der Waals surface area contributed by atoms with Crippen LogP contribution in [0.1, 0.15) is 26.7 Å². The van der Waals surface area contributed by atoms with Gasteiger partial charge in [-0.1, -0.05) is 0 Å². The van der Waals surface area contributed by atoms with Crippen molar-refractivity contribution in [2.75, 3.05) is 18.4 Å². The van der Waals surface area contributed by atoms with Crippen LogP contribution in [0.2, 0.25) is 0 Å². The van der Waals surface area contributed by atoms with Gasteiger partial charge in [-0.15, -0.1) is 0 Å². The van der Waals surface area contributed by atoms with Crippen molar-refractivity contribution in [1.29, 1.82) is 0 Å². The number of carbonyl (C=O) groups is 2. The highest BCUT2D eigenvalue weighted by Crippen LogP contribution is 2.38. The summed E-state index contributed by atoms with van der Waals surface area (Å²) < 4.78 is 12.8. The van der Waals surface area contributed by atoms with Crippen LogP contribution in [0.3, 0.4) is 0 Å². The molecule has 2 aliphatic rings. The number of nitrogens with one attached hydrogen (secondary N) is 2. The third kappa shape index (κ3) is 3.00. The fourth-order valence-corrected chi connectivity index (χ4v) is 3.35. The second kappa shape index (κ2) is 5.79. The van der Waals surface area contributed by atoms with Crippen molar-refractivity contribution in [3.63, 3.8) is 0 Å². The molecular weight excluding hydrogens is 299 g/mol. The number of β-lactam (4-membered cyclic amide) rings is 1. The molecular formula is C16H21FN4O2. The number of halogens is 1. The predicted molar refractivity (Wildman–Crippen MR) is 83.2 cm³/mol. The molecule has 23 heavy (non-hydrogen) atoms. The first-order chi connectivity index (χ1) is 10.9. The largest absolute Gasteiger partial charge is 0.351 e. The number of hydrogen-bond acceptors (Lipinski definition) is 3. The van der Waals surface area contributed by atoms with Gasteiger partial charge in [0, 0.05) is 19.1 Å². The molecule has 0 radical (unpaired) electrons. The number of urea groups is 1. The highest BCUT2D eigenvalue weighted by molar-refractivity contribution is 5.89. The van der Waals surface area contributed by atoms with E-state index in [1.54, 1.807) is 4.90 Å². The molecule has 2 fully saturated rings. The van der Waals surface area contributed by atoms with E-state index in [1.807, 2.05) is 13.8 Å². The van der Waals surface area contributed by atoms with Crippen molar-refractivity contribution in [2.45, 2.75) is 32.7 Å². The molecule has 2 N–H and O–H groups in total. The third-order valence-corrected chi connectivity index (χ3v) is 4.91. The van der Waals surface area contributed by atoms with Gasteiger partial charge in [0.25, 0.3) is 0 Å². The Morgan fingerprint density at radius 3 is 2.61 bits per heavy atom. The van der Waals surface area contributed by atoms with E-state index in [0.29, 0.717) is 24.8 Å². The Balaban J connectivity index is 1.52. The van der Waals surface area contributed by atoms with Gasteiger partial charge in [0.05, 0.1) is 11.6 Å². The fourth-order valence-electron chi connectivity index (χ4n) is 3.35. The summed E-state index contributed by atoms with van der Waals surface area (Å²) in [5.41, 5.74) is -0.312. The molecule has 1 atom stereocenters. The van der Waals surface area contributed by atoms with Gasteiger partial charge in [0.2, 0.25) is 5.91 Å². The zero-order valence-corrected chi connectivity index (χ0v) is 13.3. The van der Waals surface area contributed by atoms with Crippen LogP contribution in [0.4, 0.5) is 15.0 Å². The molecule has 2 aliphatic heterocycles. The standard InChI is InChI=1S/C16H21FN4O2/c1-16(2)13(20-14(16)22)10-5-7-21(8-6-10)15(23)19-12-4-3-11(17)9-18-12/h3-4,9-10,13H,5-8H2,1-2H3,(H,20,22)(H,18,19,23). The molecule has 2 saturated heterocycles. The molecule has 7 heteroatoms. The zero-order valence-electron chi connectivity index (χ0n) is 13.3. The van der Waals surface area contributed by atoms with Gasteiger partial charge in [-0.25, -0.2) is 14.2 Å². The van der Waals surface area contributed by atoms with Gasteiger partial charge in [-0.3, -0.25) is 10.1 Å². The van der Waals surface area contributed by atoms with Gasteiger partial charge in [0.1, 0.15) is 11.6 Å². The van der Waals surface area contributed by atoms with Crippen molar-refractivity contribution in [1.82, 2.24) is 15.2 Å². The molecule has 124 valence electrons. The minimum Gasteiger partial charge on any atom is -0.351 e. The third-order valence-electron chi connectivity index (χ3n) is 4.91. The number of anilines is 1. The number of rotatable bonds is 2. The molecule has 3 amide bonds. The number of pyridine rings is 1. The van der Waals surface area contributed by atoms with Crippen LogP contribution in [-0.2, 0) is 4.79 Å². The summed E-state index contributed by atoms with van der Waals surface area (Å²) in [5.74, 6) is 0.403. The maximum atomic E-state index is 12.8. The van der Waals surface area contributed by atoms with Crippen LogP contribution in [0.15, 0.2) is 18.3 Å². The highest BCUT2D eigenvalue weighted by Gasteiger charge is 2.51. The quantitative estimate of drug-likeness (QED) is 0.818. The molecule has 1 aromatic heterocycles. The summed E-state index contributed by atoms with van der Waals surface area (Å²) >= 11 is 0. The van der Waals surface area contributed by atoms with Crippen molar-refractivity contribution in [3.05, 3.63) is 24.1 Å². The van der Waals surface area contributed by atoms with Crippen LogP contribution < -0.4 is 10.6 Å². The first kappa shape index (κ1) is 15.7. The van der Waals surface area contributed by atoms with Gasteiger partial charge in [0.15, 0.2) is 0 Å². The zero-order chi connectivity index (χ0) is 16.6. The number of hydrogen-bond donors (Lipinski definition) is 2. The molecule has 0 aromatic carbocycles. The number of carbonyl (C=O) groups excluding carboxylic acids is 2. The monoisotopic (exact) mass is 320 g/mol. The van der Waals surface area contributed by atoms with Crippen LogP contribution in [0.5, 0.6) is 0 Å². The molecule has 3 rings (SSSR count). The normalized spacial score (nSPS) is 23.9. The van der Waals surface area contributed by atoms with Crippen molar-refractivity contribution in [3.8, 4) is 0 Å². The predicted octanol–water partition coefficient (Wildman–Crippen LogP) is 1.99. The highest BCUT2D eigenvalue weighted by atomic mass is 19.1. The van der Waals surface area contributed by atoms with Crippen LogP contribution in [0, 0.1) is 17.2 Å². The lowest BCUT2D eigenvalue weighted by Crippen LogP contribution is -2.68. The molecule has 3 heterocycles. The fraction of sp³-hybridized carbons (Fsp3) is 0.562. The smallest absolute Gasteiger partial charge is 0.323 e. The van der Waals surface area contributed by atoms with E-state index < -0.39 is 5.82 Å². The van der Waals surface area contributed by atoms with E-state index in [4.69, 9.17) is 0 Å². The maximum Gasteiger partial charge on any atom is 0.323 e. The van der Waals surface area contributed by atoms with Gasteiger partial charge in [-0.2, -0.15) is 0 Å². The number of aromatic nitrogens is 1. The number of amides is 3. The first-order valence-corrected chi connectivity index (χ1v) is 7.86. The van der Waals surface area contributed by atoms with Crippen LogP contribution in [-0.4, -0.2) is 41.0 Å². The Morgan fingerprint density at radius 1 is 1.39 bits per heavy atom.